The molecule has 0 saturated heterocycles. The number of thiophene rings is 2. The molecule has 0 radical (unpaired) electrons. The zero-order valence-electron chi connectivity index (χ0n) is 40.3. The van der Waals surface area contributed by atoms with E-state index in [-0.39, 0.29) is 11.1 Å². The van der Waals surface area contributed by atoms with E-state index in [0.29, 0.717) is 11.4 Å². The summed E-state index contributed by atoms with van der Waals surface area (Å²) in [4.78, 5) is 0. The molecule has 6 heterocycles. The molecule has 8 heteroatoms. The fourth-order valence-electron chi connectivity index (χ4n) is 13.1. The molecule has 0 saturated carbocycles. The lowest BCUT2D eigenvalue weighted by molar-refractivity contribution is 1.01. The second kappa shape index (κ2) is 15.3. The molecule has 17 aromatic rings. The summed E-state index contributed by atoms with van der Waals surface area (Å²) >= 11 is 3.60. The van der Waals surface area contributed by atoms with Crippen LogP contribution < -0.4 is 0 Å². The monoisotopic (exact) mass is 1000 g/mol. The fraction of sp³-hybridized carbons (Fsp3) is 0. The van der Waals surface area contributed by atoms with Gasteiger partial charge in [0.05, 0.1) is 78.0 Å². The molecule has 0 N–H and O–H groups in total. The third-order valence-corrected chi connectivity index (χ3v) is 18.3. The van der Waals surface area contributed by atoms with Gasteiger partial charge in [-0.15, -0.1) is 22.7 Å². The summed E-state index contributed by atoms with van der Waals surface area (Å²) in [7, 11) is 0. The van der Waals surface area contributed by atoms with Crippen LogP contribution in [-0.4, -0.2) is 18.3 Å². The first-order chi connectivity index (χ1) is 37.7. The van der Waals surface area contributed by atoms with Crippen molar-refractivity contribution in [3.8, 4) is 34.9 Å². The first kappa shape index (κ1) is 41.5. The molecular weight excluding hydrogens is 965 g/mol. The first-order valence-corrected chi connectivity index (χ1v) is 27.0. The number of fused-ring (bicyclic) bond motifs is 20. The minimum absolute atomic E-state index is 0.282. The van der Waals surface area contributed by atoms with Crippen molar-refractivity contribution in [2.24, 2.45) is 0 Å². The summed E-state index contributed by atoms with van der Waals surface area (Å²) in [5.74, 6) is 0. The number of benzene rings is 11. The van der Waals surface area contributed by atoms with Gasteiger partial charge in [0, 0.05) is 83.4 Å². The van der Waals surface area contributed by atoms with Crippen molar-refractivity contribution in [2.75, 3.05) is 0 Å². The largest absolute Gasteiger partial charge is 0.306 e. The van der Waals surface area contributed by atoms with E-state index in [2.05, 4.69) is 249 Å². The summed E-state index contributed by atoms with van der Waals surface area (Å²) < 4.78 is 14.2. The minimum atomic E-state index is 0.282. The average Bonchev–Trinajstić information content (AvgIpc) is 4.50. The predicted molar refractivity (Wildman–Crippen MR) is 319 cm³/mol. The highest BCUT2D eigenvalue weighted by molar-refractivity contribution is 7.26. The number of nitriles is 2. The molecule has 0 aliphatic rings. The molecule has 0 unspecified atom stereocenters. The van der Waals surface area contributed by atoms with Crippen LogP contribution in [-0.2, 0) is 0 Å². The first-order valence-electron chi connectivity index (χ1n) is 25.4. The van der Waals surface area contributed by atoms with Crippen molar-refractivity contribution in [2.45, 2.75) is 0 Å². The van der Waals surface area contributed by atoms with Crippen LogP contribution in [0, 0.1) is 22.7 Å². The van der Waals surface area contributed by atoms with Crippen LogP contribution in [0.4, 0.5) is 0 Å². The maximum Gasteiger partial charge on any atom is 0.103 e. The number of hydrogen-bond acceptors (Lipinski definition) is 4. The second-order valence-electron chi connectivity index (χ2n) is 19.7. The maximum atomic E-state index is 12.4. The van der Waals surface area contributed by atoms with Crippen LogP contribution in [0.3, 0.4) is 0 Å². The van der Waals surface area contributed by atoms with E-state index in [0.717, 1.165) is 98.6 Å². The quantitative estimate of drug-likeness (QED) is 0.176. The highest BCUT2D eigenvalue weighted by Crippen LogP contribution is 2.52. The normalized spacial score (nSPS) is 12.2. The van der Waals surface area contributed by atoms with Gasteiger partial charge in [0.1, 0.15) is 12.1 Å². The van der Waals surface area contributed by atoms with Crippen LogP contribution >= 0.6 is 22.7 Å². The van der Waals surface area contributed by atoms with Crippen molar-refractivity contribution < 1.29 is 0 Å². The SMILES string of the molecule is N#Cc1c(C#N)c(-n2c3ccccc3c3c4c(ccc32)sc2ccccc24)c(-n2c3ccccc3c3ccccc32)c(-n2c3ccccc3c3ccccc32)c1-n1c2ccccc2c2c3c(ccc21)sc1ccccc13. The van der Waals surface area contributed by atoms with Crippen LogP contribution in [0.1, 0.15) is 11.1 Å². The van der Waals surface area contributed by atoms with Crippen molar-refractivity contribution in [3.05, 3.63) is 230 Å². The molecule has 0 bridgehead atoms. The summed E-state index contributed by atoms with van der Waals surface area (Å²) in [6.45, 7) is 0. The van der Waals surface area contributed by atoms with E-state index in [4.69, 9.17) is 0 Å². The molecule has 0 aliphatic carbocycles. The fourth-order valence-corrected chi connectivity index (χ4v) is 15.4. The van der Waals surface area contributed by atoms with Crippen LogP contribution in [0.5, 0.6) is 0 Å². The minimum Gasteiger partial charge on any atom is -0.306 e. The van der Waals surface area contributed by atoms with Crippen molar-refractivity contribution >= 4 is 150 Å². The lowest BCUT2D eigenvalue weighted by Crippen LogP contribution is -2.17. The number of rotatable bonds is 4. The topological polar surface area (TPSA) is 67.3 Å². The molecule has 0 aliphatic heterocycles. The third-order valence-electron chi connectivity index (χ3n) is 16.0. The van der Waals surface area contributed by atoms with E-state index < -0.39 is 0 Å². The van der Waals surface area contributed by atoms with Crippen molar-refractivity contribution in [3.63, 3.8) is 0 Å². The lowest BCUT2D eigenvalue weighted by Gasteiger charge is -2.27. The third kappa shape index (κ3) is 5.26. The molecule has 0 spiro atoms. The highest BCUT2D eigenvalue weighted by atomic mass is 32.1. The Morgan fingerprint density at radius 3 is 0.855 bits per heavy atom. The van der Waals surface area contributed by atoms with Crippen LogP contribution in [0.15, 0.2) is 218 Å². The molecule has 0 amide bonds. The molecule has 350 valence electrons. The van der Waals surface area contributed by atoms with Gasteiger partial charge in [-0.1, -0.05) is 146 Å². The molecule has 17 rings (SSSR count). The Bertz CT molecular complexity index is 5070. The average molecular weight is 1000 g/mol. The number of nitrogens with zero attached hydrogens (tertiary/aromatic N) is 6. The molecular formula is C68H36N6S2. The zero-order valence-corrected chi connectivity index (χ0v) is 41.9. The van der Waals surface area contributed by atoms with Crippen LogP contribution in [0.2, 0.25) is 0 Å². The van der Waals surface area contributed by atoms with Gasteiger partial charge in [-0.05, 0) is 72.8 Å². The van der Waals surface area contributed by atoms with Crippen LogP contribution in [0.25, 0.3) is 150 Å². The van der Waals surface area contributed by atoms with Gasteiger partial charge in [-0.25, -0.2) is 0 Å². The molecule has 76 heavy (non-hydrogen) atoms. The highest BCUT2D eigenvalue weighted by Gasteiger charge is 2.35. The molecule has 11 aromatic carbocycles. The summed E-state index contributed by atoms with van der Waals surface area (Å²) in [5, 5.41) is 38.3. The lowest BCUT2D eigenvalue weighted by atomic mass is 9.98. The summed E-state index contributed by atoms with van der Waals surface area (Å²) in [6.07, 6.45) is 0. The zero-order chi connectivity index (χ0) is 49.9. The van der Waals surface area contributed by atoms with Gasteiger partial charge in [-0.3, -0.25) is 0 Å². The van der Waals surface area contributed by atoms with Crippen molar-refractivity contribution in [1.29, 1.82) is 10.5 Å². The number of para-hydroxylation sites is 6. The Labute approximate surface area is 440 Å². The number of aromatic nitrogens is 4. The molecule has 0 atom stereocenters. The molecule has 0 fully saturated rings. The standard InChI is InChI=1S/C68H36N6S2/c69-37-47-48(38-70)66(74-54-30-14-6-22-44(54)62-56(74)34-36-60-64(62)46-24-8-16-32-58(46)76-60)68(72-51-27-11-3-19-41(51)42-20-4-12-28-52(42)72)67(71-49-25-9-1-17-39(49)40-18-2-10-26-50(40)71)65(47)73-53-29-13-5-21-43(53)61-55(73)33-35-59-63(61)45-23-7-15-31-57(45)75-59/h1-36H. The van der Waals surface area contributed by atoms with E-state index in [9.17, 15) is 10.5 Å². The van der Waals surface area contributed by atoms with Gasteiger partial charge in [-0.2, -0.15) is 10.5 Å². The van der Waals surface area contributed by atoms with Crippen molar-refractivity contribution in [1.82, 2.24) is 18.3 Å². The Balaban J connectivity index is 1.20. The number of hydrogen-bond donors (Lipinski definition) is 0. The predicted octanol–water partition coefficient (Wildman–Crippen LogP) is 18.6. The van der Waals surface area contributed by atoms with Gasteiger partial charge in [0.15, 0.2) is 0 Å². The van der Waals surface area contributed by atoms with Gasteiger partial charge in [0.25, 0.3) is 0 Å². The Morgan fingerprint density at radius 2 is 0.513 bits per heavy atom. The van der Waals surface area contributed by atoms with Gasteiger partial charge in [0.2, 0.25) is 0 Å². The van der Waals surface area contributed by atoms with E-state index in [1.807, 2.05) is 0 Å². The summed E-state index contributed by atoms with van der Waals surface area (Å²) in [5.41, 5.74) is 11.1. The maximum absolute atomic E-state index is 12.4. The van der Waals surface area contributed by atoms with E-state index >= 15 is 0 Å². The summed E-state index contributed by atoms with van der Waals surface area (Å²) in [6, 6.07) is 83.5. The Hall–Kier alpha value is -9.96. The van der Waals surface area contributed by atoms with Gasteiger partial charge >= 0.3 is 0 Å². The Morgan fingerprint density at radius 1 is 0.237 bits per heavy atom. The van der Waals surface area contributed by atoms with E-state index in [1.165, 1.54) is 40.3 Å². The Kier molecular flexibility index (Phi) is 8.36. The second-order valence-corrected chi connectivity index (χ2v) is 21.8. The van der Waals surface area contributed by atoms with E-state index in [1.54, 1.807) is 22.7 Å². The molecule has 6 aromatic heterocycles. The smallest absolute Gasteiger partial charge is 0.103 e. The molecule has 6 nitrogen and oxygen atoms in total. The van der Waals surface area contributed by atoms with Gasteiger partial charge < -0.3 is 18.3 Å².